The van der Waals surface area contributed by atoms with Crippen LogP contribution >= 0.6 is 0 Å². The van der Waals surface area contributed by atoms with Crippen LogP contribution in [-0.2, 0) is 28.8 Å². The van der Waals surface area contributed by atoms with Crippen LogP contribution in [0.5, 0.6) is 0 Å². The molecule has 0 saturated heterocycles. The number of nitrogens with two attached hydrogens (primary N) is 3. The number of nitrogens with one attached hydrogen (secondary N) is 3. The Hall–Kier alpha value is -3.26. The third-order valence-electron chi connectivity index (χ3n) is 4.63. The van der Waals surface area contributed by atoms with Crippen molar-refractivity contribution in [2.45, 2.75) is 70.1 Å². The topological polar surface area (TPSA) is 257 Å². The van der Waals surface area contributed by atoms with Crippen molar-refractivity contribution in [1.82, 2.24) is 16.0 Å². The largest absolute Gasteiger partial charge is 0.481 e. The molecule has 0 fully saturated rings. The van der Waals surface area contributed by atoms with Crippen LogP contribution in [0.3, 0.4) is 0 Å². The Bertz CT molecular complexity index is 729. The molecule has 0 saturated carbocycles. The molecule has 0 rings (SSSR count). The number of carbonyl (C=O) groups is 6. The second-order valence-electron chi connectivity index (χ2n) is 7.84. The predicted octanol–water partition coefficient (Wildman–Crippen LogP) is -3.01. The molecule has 14 heteroatoms. The summed E-state index contributed by atoms with van der Waals surface area (Å²) in [6, 6.07) is -5.41. The molecule has 188 valence electrons. The van der Waals surface area contributed by atoms with E-state index in [2.05, 4.69) is 16.0 Å². The normalized spacial score (nSPS) is 14.5. The number of hydrogen-bond donors (Lipinski definition) is 8. The first-order valence-electron chi connectivity index (χ1n) is 10.4. The van der Waals surface area contributed by atoms with E-state index in [4.69, 9.17) is 27.4 Å². The molecule has 33 heavy (non-hydrogen) atoms. The highest BCUT2D eigenvalue weighted by Gasteiger charge is 2.31. The maximum Gasteiger partial charge on any atom is 0.326 e. The van der Waals surface area contributed by atoms with Gasteiger partial charge >= 0.3 is 11.9 Å². The van der Waals surface area contributed by atoms with E-state index >= 15 is 0 Å². The van der Waals surface area contributed by atoms with E-state index in [1.165, 1.54) is 0 Å². The molecule has 0 aliphatic heterocycles. The van der Waals surface area contributed by atoms with Gasteiger partial charge in [0, 0.05) is 0 Å². The van der Waals surface area contributed by atoms with Crippen molar-refractivity contribution >= 4 is 35.6 Å². The number of amides is 4. The van der Waals surface area contributed by atoms with Crippen LogP contribution in [0.4, 0.5) is 0 Å². The first-order valence-corrected chi connectivity index (χ1v) is 10.4. The van der Waals surface area contributed by atoms with Gasteiger partial charge in [-0.25, -0.2) is 4.79 Å². The minimum absolute atomic E-state index is 0.0386. The van der Waals surface area contributed by atoms with Gasteiger partial charge in [0.1, 0.15) is 18.1 Å². The molecule has 0 aliphatic rings. The third kappa shape index (κ3) is 11.8. The van der Waals surface area contributed by atoms with E-state index in [1.807, 2.05) is 0 Å². The number of unbranched alkanes of at least 4 members (excludes halogenated alkanes) is 1. The zero-order valence-corrected chi connectivity index (χ0v) is 18.7. The zero-order chi connectivity index (χ0) is 25.7. The molecule has 0 aromatic rings. The predicted molar refractivity (Wildman–Crippen MR) is 115 cm³/mol. The highest BCUT2D eigenvalue weighted by atomic mass is 16.4. The highest BCUT2D eigenvalue weighted by Crippen LogP contribution is 2.06. The number of carboxylic acids is 2. The minimum Gasteiger partial charge on any atom is -0.481 e. The van der Waals surface area contributed by atoms with Crippen LogP contribution < -0.4 is 33.2 Å². The van der Waals surface area contributed by atoms with E-state index in [0.717, 1.165) is 0 Å². The van der Waals surface area contributed by atoms with E-state index in [0.29, 0.717) is 19.4 Å². The van der Waals surface area contributed by atoms with E-state index in [1.54, 1.807) is 13.8 Å². The molecule has 0 spiro atoms. The van der Waals surface area contributed by atoms with Gasteiger partial charge in [-0.1, -0.05) is 13.8 Å². The molecule has 0 radical (unpaired) electrons. The smallest absolute Gasteiger partial charge is 0.326 e. The van der Waals surface area contributed by atoms with E-state index in [9.17, 15) is 28.8 Å². The standard InChI is InChI=1S/C19H34N6O8/c1-9(2)15(22)18(31)24-11(7-13(21)26)17(30)23-10(5-3-4-6-20)16(29)25-12(19(32)33)8-14(27)28/h9-12,15H,3-8,20,22H2,1-2H3,(H2,21,26)(H,23,30)(H,24,31)(H,25,29)(H,27,28)(H,32,33). The molecular weight excluding hydrogens is 440 g/mol. The fourth-order valence-corrected chi connectivity index (χ4v) is 2.66. The van der Waals surface area contributed by atoms with E-state index < -0.39 is 72.6 Å². The van der Waals surface area contributed by atoms with Crippen molar-refractivity contribution in [3.63, 3.8) is 0 Å². The van der Waals surface area contributed by atoms with Gasteiger partial charge in [0.15, 0.2) is 0 Å². The molecule has 14 nitrogen and oxygen atoms in total. The summed E-state index contributed by atoms with van der Waals surface area (Å²) in [4.78, 5) is 71.1. The van der Waals surface area contributed by atoms with Gasteiger partial charge in [-0.3, -0.25) is 24.0 Å². The summed E-state index contributed by atoms with van der Waals surface area (Å²) >= 11 is 0. The first-order chi connectivity index (χ1) is 15.3. The maximum absolute atomic E-state index is 12.8. The average Bonchev–Trinajstić information content (AvgIpc) is 2.70. The summed E-state index contributed by atoms with van der Waals surface area (Å²) in [7, 11) is 0. The van der Waals surface area contributed by atoms with Gasteiger partial charge in [0.05, 0.1) is 18.9 Å². The number of aliphatic carboxylic acids is 2. The van der Waals surface area contributed by atoms with Gasteiger partial charge in [0.25, 0.3) is 0 Å². The molecule has 4 amide bonds. The Morgan fingerprint density at radius 2 is 1.30 bits per heavy atom. The van der Waals surface area contributed by atoms with Gasteiger partial charge in [-0.15, -0.1) is 0 Å². The van der Waals surface area contributed by atoms with Crippen LogP contribution in [0.25, 0.3) is 0 Å². The Morgan fingerprint density at radius 1 is 0.788 bits per heavy atom. The van der Waals surface area contributed by atoms with E-state index in [-0.39, 0.29) is 12.3 Å². The number of rotatable bonds is 16. The SMILES string of the molecule is CC(C)C(N)C(=O)NC(CC(N)=O)C(=O)NC(CCCCN)C(=O)NC(CC(=O)O)C(=O)O. The van der Waals surface area contributed by atoms with Crippen LogP contribution in [0.1, 0.15) is 46.0 Å². The minimum atomic E-state index is -1.73. The summed E-state index contributed by atoms with van der Waals surface area (Å²) < 4.78 is 0. The van der Waals surface area contributed by atoms with Crippen LogP contribution in [0.2, 0.25) is 0 Å². The summed E-state index contributed by atoms with van der Waals surface area (Å²) in [6.45, 7) is 3.66. The highest BCUT2D eigenvalue weighted by molar-refractivity contribution is 5.96. The second-order valence-corrected chi connectivity index (χ2v) is 7.84. The summed E-state index contributed by atoms with van der Waals surface area (Å²) in [6.07, 6.45) is -0.552. The average molecular weight is 475 g/mol. The maximum atomic E-state index is 12.8. The number of hydrogen-bond acceptors (Lipinski definition) is 8. The Morgan fingerprint density at radius 3 is 1.76 bits per heavy atom. The van der Waals surface area contributed by atoms with Crippen LogP contribution in [0.15, 0.2) is 0 Å². The van der Waals surface area contributed by atoms with Crippen molar-refractivity contribution in [1.29, 1.82) is 0 Å². The molecular formula is C19H34N6O8. The lowest BCUT2D eigenvalue weighted by Gasteiger charge is -2.25. The molecule has 4 unspecified atom stereocenters. The Labute approximate surface area is 191 Å². The van der Waals surface area contributed by atoms with Crippen LogP contribution in [-0.4, -0.2) is 76.5 Å². The van der Waals surface area contributed by atoms with Gasteiger partial charge in [0.2, 0.25) is 23.6 Å². The van der Waals surface area contributed by atoms with Crippen molar-refractivity contribution < 1.29 is 39.0 Å². The van der Waals surface area contributed by atoms with Gasteiger partial charge in [-0.05, 0) is 31.7 Å². The van der Waals surface area contributed by atoms with Crippen molar-refractivity contribution in [3.8, 4) is 0 Å². The number of primary amides is 1. The monoisotopic (exact) mass is 474 g/mol. The lowest BCUT2D eigenvalue weighted by molar-refractivity contribution is -0.147. The van der Waals surface area contributed by atoms with Crippen molar-refractivity contribution in [2.75, 3.05) is 6.54 Å². The molecule has 0 aromatic carbocycles. The fourth-order valence-electron chi connectivity index (χ4n) is 2.66. The molecule has 0 aliphatic carbocycles. The quantitative estimate of drug-likeness (QED) is 0.105. The Kier molecular flexibility index (Phi) is 13.3. The lowest BCUT2D eigenvalue weighted by Crippen LogP contribution is -2.58. The molecule has 0 aromatic heterocycles. The fraction of sp³-hybridized carbons (Fsp3) is 0.684. The summed E-state index contributed by atoms with van der Waals surface area (Å²) in [5.74, 6) is -6.75. The summed E-state index contributed by atoms with van der Waals surface area (Å²) in [5, 5.41) is 24.7. The molecule has 0 bridgehead atoms. The third-order valence-corrected chi connectivity index (χ3v) is 4.63. The first kappa shape index (κ1) is 29.7. The van der Waals surface area contributed by atoms with Crippen LogP contribution in [0, 0.1) is 5.92 Å². The van der Waals surface area contributed by atoms with Crippen molar-refractivity contribution in [2.24, 2.45) is 23.1 Å². The molecule has 4 atom stereocenters. The van der Waals surface area contributed by atoms with Gasteiger partial charge in [-0.2, -0.15) is 0 Å². The lowest BCUT2D eigenvalue weighted by atomic mass is 10.0. The van der Waals surface area contributed by atoms with Crippen molar-refractivity contribution in [3.05, 3.63) is 0 Å². The molecule has 0 heterocycles. The zero-order valence-electron chi connectivity index (χ0n) is 18.7. The second kappa shape index (κ2) is 14.7. The Balaban J connectivity index is 5.56. The summed E-state index contributed by atoms with van der Waals surface area (Å²) in [5.41, 5.74) is 16.4. The number of carboxylic acid groups (broad SMARTS) is 2. The number of carbonyl (C=O) groups excluding carboxylic acids is 4. The van der Waals surface area contributed by atoms with Gasteiger partial charge < -0.3 is 43.4 Å². The molecule has 11 N–H and O–H groups in total.